The maximum Gasteiger partial charge on any atom is 0.425 e. The van der Waals surface area contributed by atoms with Crippen LogP contribution in [0.2, 0.25) is 0 Å². The van der Waals surface area contributed by atoms with E-state index >= 15 is 0 Å². The number of nitrogens with zero attached hydrogens (tertiary/aromatic N) is 4. The molecule has 2 aromatic heterocycles. The van der Waals surface area contributed by atoms with Crippen molar-refractivity contribution in [2.75, 3.05) is 41.5 Å². The number of methoxy groups -OCH3 is 3. The van der Waals surface area contributed by atoms with Crippen LogP contribution in [0.1, 0.15) is 84.4 Å². The highest BCUT2D eigenvalue weighted by Crippen LogP contribution is 2.49. The largest absolute Gasteiger partial charge is 0.496 e. The number of hydrazine groups is 1. The summed E-state index contributed by atoms with van der Waals surface area (Å²) in [5.74, 6) is 3.48. The maximum atomic E-state index is 12.5. The second-order valence-electron chi connectivity index (χ2n) is 15.2. The lowest BCUT2D eigenvalue weighted by Gasteiger charge is -2.31. The number of aromatic amines is 2. The third-order valence-electron chi connectivity index (χ3n) is 10.5. The van der Waals surface area contributed by atoms with Gasteiger partial charge in [0.1, 0.15) is 17.4 Å². The monoisotopic (exact) mass is 814 g/mol. The Labute approximate surface area is 348 Å². The Morgan fingerprint density at radius 1 is 0.949 bits per heavy atom. The van der Waals surface area contributed by atoms with E-state index in [-0.39, 0.29) is 36.4 Å². The van der Waals surface area contributed by atoms with Crippen molar-refractivity contribution in [2.45, 2.75) is 84.7 Å². The highest BCUT2D eigenvalue weighted by atomic mass is 16.5. The van der Waals surface area contributed by atoms with E-state index in [0.29, 0.717) is 30.4 Å². The minimum Gasteiger partial charge on any atom is -0.496 e. The summed E-state index contributed by atoms with van der Waals surface area (Å²) < 4.78 is 14.5. The lowest BCUT2D eigenvalue weighted by molar-refractivity contribution is -0.142. The number of fused-ring (bicyclic) bond motifs is 2. The molecular weight excluding hydrogens is 753 g/mol. The summed E-state index contributed by atoms with van der Waals surface area (Å²) >= 11 is 0. The summed E-state index contributed by atoms with van der Waals surface area (Å²) in [7, 11) is 6.19. The first-order valence-corrected chi connectivity index (χ1v) is 20.4. The van der Waals surface area contributed by atoms with Crippen molar-refractivity contribution in [3.8, 4) is 39.7 Å². The van der Waals surface area contributed by atoms with Crippen molar-refractivity contribution < 1.29 is 33.4 Å². The molecule has 2 bridgehead atoms. The molecule has 3 heterocycles. The summed E-state index contributed by atoms with van der Waals surface area (Å²) in [4.78, 5) is 64.0. The van der Waals surface area contributed by atoms with Crippen molar-refractivity contribution in [1.29, 1.82) is 0 Å². The molecule has 1 aliphatic heterocycles. The molecule has 2 aromatic carbocycles. The Balaban J connectivity index is 0.000000268. The fraction of sp³-hybridized carbons (Fsp3) is 0.500. The molecule has 3 fully saturated rings. The third kappa shape index (κ3) is 12.2. The van der Waals surface area contributed by atoms with Gasteiger partial charge in [0.25, 0.3) is 0 Å². The number of benzene rings is 2. The first-order chi connectivity index (χ1) is 28.5. The number of hydrogen-bond donors (Lipinski definition) is 4. The van der Waals surface area contributed by atoms with Gasteiger partial charge in [0, 0.05) is 50.7 Å². The topological polar surface area (TPSA) is 184 Å². The fourth-order valence-electron chi connectivity index (χ4n) is 7.88. The van der Waals surface area contributed by atoms with Crippen LogP contribution in [0.15, 0.2) is 61.1 Å². The van der Waals surface area contributed by atoms with Gasteiger partial charge < -0.3 is 34.4 Å². The van der Waals surface area contributed by atoms with Crippen molar-refractivity contribution in [3.63, 3.8) is 0 Å². The molecule has 2 aliphatic carbocycles. The van der Waals surface area contributed by atoms with Crippen molar-refractivity contribution in [1.82, 2.24) is 40.6 Å². The molecule has 15 nitrogen and oxygen atoms in total. The Hall–Kier alpha value is -5.70. The van der Waals surface area contributed by atoms with Gasteiger partial charge in [0.2, 0.25) is 18.2 Å². The molecular formula is C44H62N8O7. The summed E-state index contributed by atoms with van der Waals surface area (Å²) in [5, 5.41) is 3.88. The van der Waals surface area contributed by atoms with Gasteiger partial charge in [-0.1, -0.05) is 57.0 Å². The molecule has 3 aliphatic rings. The molecule has 7 rings (SSSR count). The minimum atomic E-state index is -0.583. The van der Waals surface area contributed by atoms with E-state index in [9.17, 15) is 19.2 Å². The Morgan fingerprint density at radius 2 is 1.64 bits per heavy atom. The Morgan fingerprint density at radius 3 is 2.22 bits per heavy atom. The number of likely N-dealkylation sites (tertiary alicyclic amines) is 1. The van der Waals surface area contributed by atoms with Crippen molar-refractivity contribution in [3.05, 3.63) is 66.7 Å². The van der Waals surface area contributed by atoms with Gasteiger partial charge in [0.05, 0.1) is 44.3 Å². The Kier molecular flexibility index (Phi) is 18.0. The first kappa shape index (κ1) is 46.0. The van der Waals surface area contributed by atoms with E-state index in [4.69, 9.17) is 4.74 Å². The van der Waals surface area contributed by atoms with Gasteiger partial charge in [-0.2, -0.15) is 0 Å². The molecule has 4 unspecified atom stereocenters. The van der Waals surface area contributed by atoms with Crippen molar-refractivity contribution >= 4 is 24.3 Å². The molecule has 2 saturated carbocycles. The zero-order chi connectivity index (χ0) is 42.9. The molecule has 4 atom stereocenters. The summed E-state index contributed by atoms with van der Waals surface area (Å²) in [6, 6.07) is 14.1. The standard InChI is InChI=1S/C26H26N6O3.C13H22N2O3.C3H8.C2H6O/c1-35-23-13-19(17-4-6-18(7-5-17)25-28-10-11-29-25)8-9-20(23)26-30-14-21(31-26)22-3-2-12-32(22)24(34)15-27-16-33;1-8(2)15(14-13(17)18-3)12(16)11-7-9-4-5-10(11)6-9;2*1-3-2/h4-11,13-14,16,22H,2-3,12,15H2,1H3,(H,27,33)(H,28,29)(H,30,31);8-11H,4-7H2,1-3H3,(H,14,17);3H2,1-2H3;1-2H3. The number of H-pyrrole nitrogens is 2. The number of aromatic nitrogens is 4. The molecule has 0 spiro atoms. The quantitative estimate of drug-likeness (QED) is 0.0953. The van der Waals surface area contributed by atoms with Crippen LogP contribution < -0.4 is 15.5 Å². The van der Waals surface area contributed by atoms with Crippen LogP contribution in [0, 0.1) is 17.8 Å². The van der Waals surface area contributed by atoms with E-state index in [1.54, 1.807) is 44.8 Å². The lowest BCUT2D eigenvalue weighted by Crippen LogP contribution is -2.52. The Bertz CT molecular complexity index is 1910. The summed E-state index contributed by atoms with van der Waals surface area (Å²) in [6.07, 6.45) is 12.9. The second kappa shape index (κ2) is 23.0. The van der Waals surface area contributed by atoms with Gasteiger partial charge in [-0.15, -0.1) is 0 Å². The first-order valence-electron chi connectivity index (χ1n) is 20.4. The van der Waals surface area contributed by atoms with Gasteiger partial charge >= 0.3 is 6.09 Å². The van der Waals surface area contributed by atoms with Crippen LogP contribution >= 0.6 is 0 Å². The highest BCUT2D eigenvalue weighted by Gasteiger charge is 2.45. The zero-order valence-electron chi connectivity index (χ0n) is 35.7. The van der Waals surface area contributed by atoms with Crippen LogP contribution in [0.4, 0.5) is 4.79 Å². The number of ether oxygens (including phenoxy) is 3. The number of carbonyl (C=O) groups is 4. The number of nitrogens with one attached hydrogen (secondary N) is 4. The van der Waals surface area contributed by atoms with Crippen LogP contribution in [-0.4, -0.2) is 102 Å². The average molecular weight is 815 g/mol. The predicted molar refractivity (Wildman–Crippen MR) is 227 cm³/mol. The fourth-order valence-corrected chi connectivity index (χ4v) is 7.88. The van der Waals surface area contributed by atoms with Crippen molar-refractivity contribution in [2.24, 2.45) is 17.8 Å². The molecule has 4 amide bonds. The normalized spacial score (nSPS) is 18.6. The third-order valence-corrected chi connectivity index (χ3v) is 10.5. The molecule has 4 N–H and O–H groups in total. The number of rotatable bonds is 10. The average Bonchev–Trinajstić information content (AvgIpc) is 4.11. The molecule has 4 aromatic rings. The molecule has 320 valence electrons. The van der Waals surface area contributed by atoms with Gasteiger partial charge in [-0.3, -0.25) is 14.4 Å². The smallest absolute Gasteiger partial charge is 0.425 e. The van der Waals surface area contributed by atoms with Gasteiger partial charge in [0.15, 0.2) is 0 Å². The van der Waals surface area contributed by atoms with E-state index in [0.717, 1.165) is 65.4 Å². The number of carbonyl (C=O) groups excluding carboxylic acids is 4. The lowest BCUT2D eigenvalue weighted by atomic mass is 9.88. The van der Waals surface area contributed by atoms with E-state index in [2.05, 4.69) is 66.1 Å². The van der Waals surface area contributed by atoms with Gasteiger partial charge in [-0.05, 0) is 81.0 Å². The molecule has 0 radical (unpaired) electrons. The number of amides is 4. The SMILES string of the molecule is CCC.COC.COC(=O)NN(C(=O)C1CC2CCC1C2)C(C)C.COc1cc(-c2ccc(-c3ncc[nH]3)cc2)ccc1-c1ncc(C2CCCN2C(=O)CNC=O)[nH]1. The molecule has 1 saturated heterocycles. The second-order valence-corrected chi connectivity index (χ2v) is 15.2. The van der Waals surface area contributed by atoms with Crippen LogP contribution in [0.3, 0.4) is 0 Å². The number of hydrogen-bond acceptors (Lipinski definition) is 9. The zero-order valence-corrected chi connectivity index (χ0v) is 35.7. The van der Waals surface area contributed by atoms with Crippen LogP contribution in [-0.2, 0) is 23.9 Å². The predicted octanol–water partition coefficient (Wildman–Crippen LogP) is 7.16. The van der Waals surface area contributed by atoms with E-state index < -0.39 is 6.09 Å². The summed E-state index contributed by atoms with van der Waals surface area (Å²) in [6.45, 7) is 8.69. The maximum absolute atomic E-state index is 12.5. The highest BCUT2D eigenvalue weighted by molar-refractivity contribution is 5.82. The van der Waals surface area contributed by atoms with Crippen LogP contribution in [0.5, 0.6) is 5.75 Å². The van der Waals surface area contributed by atoms with Gasteiger partial charge in [-0.25, -0.2) is 25.2 Å². The molecule has 59 heavy (non-hydrogen) atoms. The minimum absolute atomic E-state index is 0.00122. The van der Waals surface area contributed by atoms with Crippen LogP contribution in [0.25, 0.3) is 33.9 Å². The molecule has 15 heteroatoms. The number of imidazole rings is 2. The summed E-state index contributed by atoms with van der Waals surface area (Å²) in [5.41, 5.74) is 7.35. The van der Waals surface area contributed by atoms with E-state index in [1.165, 1.54) is 31.4 Å². The van der Waals surface area contributed by atoms with E-state index in [1.807, 2.05) is 44.2 Å².